The lowest BCUT2D eigenvalue weighted by atomic mass is 10.00. The molecule has 3 nitrogen and oxygen atoms in total. The Labute approximate surface area is 111 Å². The van der Waals surface area contributed by atoms with E-state index in [1.807, 2.05) is 13.2 Å². The maximum Gasteiger partial charge on any atom is 0.128 e. The standard InChI is InChI=1S/C15H25N3/c1-4-14-7-5-6-10-18(14)15-9-8-13(11-17-15)12(2)16-3/h8-9,11-12,14,16H,4-7,10H2,1-3H3. The van der Waals surface area contributed by atoms with E-state index < -0.39 is 0 Å². The molecule has 2 atom stereocenters. The molecule has 2 heterocycles. The molecule has 100 valence electrons. The molecule has 1 aliphatic heterocycles. The number of pyridine rings is 1. The van der Waals surface area contributed by atoms with Crippen LogP contribution in [-0.4, -0.2) is 24.6 Å². The maximum absolute atomic E-state index is 4.66. The number of hydrogen-bond acceptors (Lipinski definition) is 3. The van der Waals surface area contributed by atoms with Gasteiger partial charge in [-0.3, -0.25) is 0 Å². The van der Waals surface area contributed by atoms with Crippen LogP contribution in [0.15, 0.2) is 18.3 Å². The molecule has 1 aromatic heterocycles. The second kappa shape index (κ2) is 6.19. The molecule has 18 heavy (non-hydrogen) atoms. The SMILES string of the molecule is CCC1CCCCN1c1ccc(C(C)NC)cn1. The minimum Gasteiger partial charge on any atom is -0.354 e. The van der Waals surface area contributed by atoms with Crippen LogP contribution in [0.25, 0.3) is 0 Å². The van der Waals surface area contributed by atoms with Gasteiger partial charge in [0, 0.05) is 24.8 Å². The number of aromatic nitrogens is 1. The molecule has 0 aromatic carbocycles. The predicted molar refractivity (Wildman–Crippen MR) is 77.0 cm³/mol. The molecular formula is C15H25N3. The highest BCUT2D eigenvalue weighted by atomic mass is 15.2. The van der Waals surface area contributed by atoms with Crippen LogP contribution in [0.2, 0.25) is 0 Å². The fourth-order valence-corrected chi connectivity index (χ4v) is 2.72. The third-order valence-electron chi connectivity index (χ3n) is 4.10. The summed E-state index contributed by atoms with van der Waals surface area (Å²) in [5.41, 5.74) is 1.26. The molecule has 0 aliphatic carbocycles. The van der Waals surface area contributed by atoms with Gasteiger partial charge in [0.15, 0.2) is 0 Å². The van der Waals surface area contributed by atoms with Crippen molar-refractivity contribution in [1.82, 2.24) is 10.3 Å². The van der Waals surface area contributed by atoms with Crippen molar-refractivity contribution in [2.45, 2.75) is 51.6 Å². The van der Waals surface area contributed by atoms with E-state index in [1.54, 1.807) is 0 Å². The van der Waals surface area contributed by atoms with Crippen molar-refractivity contribution in [2.75, 3.05) is 18.5 Å². The lowest BCUT2D eigenvalue weighted by Gasteiger charge is -2.36. The summed E-state index contributed by atoms with van der Waals surface area (Å²) >= 11 is 0. The van der Waals surface area contributed by atoms with E-state index in [4.69, 9.17) is 0 Å². The summed E-state index contributed by atoms with van der Waals surface area (Å²) < 4.78 is 0. The number of piperidine rings is 1. The summed E-state index contributed by atoms with van der Waals surface area (Å²) in [7, 11) is 1.98. The van der Waals surface area contributed by atoms with Crippen LogP contribution in [0, 0.1) is 0 Å². The largest absolute Gasteiger partial charge is 0.354 e. The minimum absolute atomic E-state index is 0.370. The van der Waals surface area contributed by atoms with Crippen molar-refractivity contribution in [3.05, 3.63) is 23.9 Å². The second-order valence-electron chi connectivity index (χ2n) is 5.21. The monoisotopic (exact) mass is 247 g/mol. The molecule has 0 saturated carbocycles. The third kappa shape index (κ3) is 2.83. The zero-order valence-electron chi connectivity index (χ0n) is 11.8. The Morgan fingerprint density at radius 2 is 2.28 bits per heavy atom. The zero-order chi connectivity index (χ0) is 13.0. The van der Waals surface area contributed by atoms with E-state index in [-0.39, 0.29) is 0 Å². The summed E-state index contributed by atoms with van der Waals surface area (Å²) in [6, 6.07) is 5.43. The Hall–Kier alpha value is -1.09. The van der Waals surface area contributed by atoms with Gasteiger partial charge in [0.1, 0.15) is 5.82 Å². The molecule has 2 unspecified atom stereocenters. The lowest BCUT2D eigenvalue weighted by Crippen LogP contribution is -2.39. The highest BCUT2D eigenvalue weighted by molar-refractivity contribution is 5.41. The summed E-state index contributed by atoms with van der Waals surface area (Å²) in [6.45, 7) is 5.60. The van der Waals surface area contributed by atoms with Gasteiger partial charge >= 0.3 is 0 Å². The Balaban J connectivity index is 2.12. The molecule has 1 aromatic rings. The first-order valence-corrected chi connectivity index (χ1v) is 7.16. The molecule has 0 amide bonds. The first-order valence-electron chi connectivity index (χ1n) is 7.16. The smallest absolute Gasteiger partial charge is 0.128 e. The first kappa shape index (κ1) is 13.3. The Morgan fingerprint density at radius 1 is 1.44 bits per heavy atom. The van der Waals surface area contributed by atoms with E-state index in [9.17, 15) is 0 Å². The van der Waals surface area contributed by atoms with Crippen molar-refractivity contribution >= 4 is 5.82 Å². The van der Waals surface area contributed by atoms with Crippen LogP contribution in [0.4, 0.5) is 5.82 Å². The van der Waals surface area contributed by atoms with Crippen LogP contribution in [0.5, 0.6) is 0 Å². The van der Waals surface area contributed by atoms with Crippen LogP contribution in [-0.2, 0) is 0 Å². The molecule has 1 N–H and O–H groups in total. The molecule has 2 rings (SSSR count). The average Bonchev–Trinajstić information content (AvgIpc) is 2.46. The molecule has 0 spiro atoms. The topological polar surface area (TPSA) is 28.2 Å². The maximum atomic E-state index is 4.66. The number of hydrogen-bond donors (Lipinski definition) is 1. The lowest BCUT2D eigenvalue weighted by molar-refractivity contribution is 0.446. The number of nitrogens with zero attached hydrogens (tertiary/aromatic N) is 2. The van der Waals surface area contributed by atoms with Gasteiger partial charge in [0.05, 0.1) is 0 Å². The molecule has 0 radical (unpaired) electrons. The number of rotatable bonds is 4. The Kier molecular flexibility index (Phi) is 4.59. The summed E-state index contributed by atoms with van der Waals surface area (Å²) in [4.78, 5) is 7.14. The Morgan fingerprint density at radius 3 is 2.89 bits per heavy atom. The fourth-order valence-electron chi connectivity index (χ4n) is 2.72. The van der Waals surface area contributed by atoms with Crippen LogP contribution in [0.1, 0.15) is 51.1 Å². The molecule has 1 fully saturated rings. The van der Waals surface area contributed by atoms with Crippen molar-refractivity contribution in [3.8, 4) is 0 Å². The highest BCUT2D eigenvalue weighted by Crippen LogP contribution is 2.25. The van der Waals surface area contributed by atoms with E-state index in [0.717, 1.165) is 12.4 Å². The van der Waals surface area contributed by atoms with Crippen molar-refractivity contribution < 1.29 is 0 Å². The zero-order valence-corrected chi connectivity index (χ0v) is 11.8. The second-order valence-corrected chi connectivity index (χ2v) is 5.21. The van der Waals surface area contributed by atoms with Crippen LogP contribution in [0.3, 0.4) is 0 Å². The van der Waals surface area contributed by atoms with Gasteiger partial charge in [-0.15, -0.1) is 0 Å². The Bertz CT molecular complexity index is 361. The van der Waals surface area contributed by atoms with Gasteiger partial charge in [0.25, 0.3) is 0 Å². The number of nitrogens with one attached hydrogen (secondary N) is 1. The quantitative estimate of drug-likeness (QED) is 0.886. The normalized spacial score (nSPS) is 21.9. The average molecular weight is 247 g/mol. The van der Waals surface area contributed by atoms with Crippen molar-refractivity contribution in [1.29, 1.82) is 0 Å². The number of anilines is 1. The van der Waals surface area contributed by atoms with Gasteiger partial charge in [-0.1, -0.05) is 13.0 Å². The van der Waals surface area contributed by atoms with E-state index in [0.29, 0.717) is 12.1 Å². The molecule has 3 heteroatoms. The fraction of sp³-hybridized carbons (Fsp3) is 0.667. The highest BCUT2D eigenvalue weighted by Gasteiger charge is 2.21. The minimum atomic E-state index is 0.370. The van der Waals surface area contributed by atoms with E-state index in [2.05, 4.69) is 41.2 Å². The van der Waals surface area contributed by atoms with Crippen LogP contribution < -0.4 is 10.2 Å². The molecule has 1 saturated heterocycles. The van der Waals surface area contributed by atoms with Gasteiger partial charge in [-0.25, -0.2) is 4.98 Å². The van der Waals surface area contributed by atoms with E-state index >= 15 is 0 Å². The van der Waals surface area contributed by atoms with Crippen molar-refractivity contribution in [3.63, 3.8) is 0 Å². The summed E-state index contributed by atoms with van der Waals surface area (Å²) in [5, 5.41) is 3.25. The molecule has 0 bridgehead atoms. The van der Waals surface area contributed by atoms with Gasteiger partial charge < -0.3 is 10.2 Å². The van der Waals surface area contributed by atoms with Crippen LogP contribution >= 0.6 is 0 Å². The molecular weight excluding hydrogens is 222 g/mol. The first-order chi connectivity index (χ1) is 8.76. The predicted octanol–water partition coefficient (Wildman–Crippen LogP) is 3.13. The van der Waals surface area contributed by atoms with Gasteiger partial charge in [-0.2, -0.15) is 0 Å². The van der Waals surface area contributed by atoms with Gasteiger partial charge in [-0.05, 0) is 51.3 Å². The van der Waals surface area contributed by atoms with Gasteiger partial charge in [0.2, 0.25) is 0 Å². The summed E-state index contributed by atoms with van der Waals surface area (Å²) in [5.74, 6) is 1.15. The third-order valence-corrected chi connectivity index (χ3v) is 4.10. The molecule has 1 aliphatic rings. The summed E-state index contributed by atoms with van der Waals surface area (Å²) in [6.07, 6.45) is 7.21. The van der Waals surface area contributed by atoms with E-state index in [1.165, 1.54) is 31.2 Å². The van der Waals surface area contributed by atoms with Crippen molar-refractivity contribution in [2.24, 2.45) is 0 Å².